The molecule has 92 valence electrons. The maximum Gasteiger partial charge on any atom is 0.0926 e. The fourth-order valence-electron chi connectivity index (χ4n) is 2.37. The van der Waals surface area contributed by atoms with Crippen LogP contribution in [0.3, 0.4) is 0 Å². The molecule has 17 heavy (non-hydrogen) atoms. The Labute approximate surface area is 104 Å². The Morgan fingerprint density at radius 2 is 1.82 bits per heavy atom. The monoisotopic (exact) mass is 230 g/mol. The van der Waals surface area contributed by atoms with Gasteiger partial charge in [-0.15, -0.1) is 0 Å². The summed E-state index contributed by atoms with van der Waals surface area (Å²) in [6, 6.07) is 6.64. The van der Waals surface area contributed by atoms with Gasteiger partial charge in [-0.2, -0.15) is 5.10 Å². The van der Waals surface area contributed by atoms with Gasteiger partial charge in [0.1, 0.15) is 0 Å². The number of fused-ring (bicyclic) bond motifs is 1. The van der Waals surface area contributed by atoms with Gasteiger partial charge in [0.25, 0.3) is 0 Å². The average molecular weight is 230 g/mol. The second-order valence-corrected chi connectivity index (χ2v) is 6.15. The molecule has 2 aromatic rings. The molecule has 2 rings (SSSR count). The SMILES string of the molecule is CC(C)c1c2cc(C(C)(C)C)ccc2nn1C. The van der Waals surface area contributed by atoms with E-state index in [0.717, 1.165) is 5.52 Å². The van der Waals surface area contributed by atoms with Crippen molar-refractivity contribution in [2.75, 3.05) is 0 Å². The average Bonchev–Trinajstić information content (AvgIpc) is 2.50. The lowest BCUT2D eigenvalue weighted by molar-refractivity contribution is 0.591. The van der Waals surface area contributed by atoms with Crippen molar-refractivity contribution in [1.29, 1.82) is 0 Å². The molecule has 0 aliphatic heterocycles. The highest BCUT2D eigenvalue weighted by molar-refractivity contribution is 5.83. The molecule has 0 amide bonds. The van der Waals surface area contributed by atoms with Gasteiger partial charge in [-0.25, -0.2) is 0 Å². The van der Waals surface area contributed by atoms with E-state index in [4.69, 9.17) is 0 Å². The molecule has 0 aliphatic carbocycles. The van der Waals surface area contributed by atoms with E-state index in [1.807, 2.05) is 11.7 Å². The molecule has 0 spiro atoms. The second-order valence-electron chi connectivity index (χ2n) is 6.15. The third-order valence-corrected chi connectivity index (χ3v) is 3.29. The first-order valence-electron chi connectivity index (χ1n) is 6.28. The predicted molar refractivity (Wildman–Crippen MR) is 73.5 cm³/mol. The summed E-state index contributed by atoms with van der Waals surface area (Å²) in [7, 11) is 2.03. The van der Waals surface area contributed by atoms with Gasteiger partial charge in [-0.05, 0) is 29.0 Å². The van der Waals surface area contributed by atoms with Crippen LogP contribution in [0.5, 0.6) is 0 Å². The fraction of sp³-hybridized carbons (Fsp3) is 0.533. The highest BCUT2D eigenvalue weighted by Crippen LogP contribution is 2.30. The van der Waals surface area contributed by atoms with Crippen LogP contribution in [0.1, 0.15) is 51.8 Å². The van der Waals surface area contributed by atoms with Crippen molar-refractivity contribution in [3.8, 4) is 0 Å². The van der Waals surface area contributed by atoms with Gasteiger partial charge in [0.2, 0.25) is 0 Å². The van der Waals surface area contributed by atoms with E-state index in [1.165, 1.54) is 16.6 Å². The van der Waals surface area contributed by atoms with Crippen LogP contribution in [0.4, 0.5) is 0 Å². The zero-order valence-corrected chi connectivity index (χ0v) is 11.7. The molecule has 0 N–H and O–H groups in total. The molecule has 0 saturated carbocycles. The van der Waals surface area contributed by atoms with Crippen molar-refractivity contribution < 1.29 is 0 Å². The smallest absolute Gasteiger partial charge is 0.0926 e. The van der Waals surface area contributed by atoms with Crippen LogP contribution in [0.25, 0.3) is 10.9 Å². The van der Waals surface area contributed by atoms with E-state index in [2.05, 4.69) is 57.9 Å². The van der Waals surface area contributed by atoms with Crippen molar-refractivity contribution in [3.05, 3.63) is 29.5 Å². The van der Waals surface area contributed by atoms with Gasteiger partial charge < -0.3 is 0 Å². The van der Waals surface area contributed by atoms with Crippen molar-refractivity contribution in [1.82, 2.24) is 9.78 Å². The van der Waals surface area contributed by atoms with Crippen LogP contribution in [0.2, 0.25) is 0 Å². The maximum atomic E-state index is 4.57. The van der Waals surface area contributed by atoms with E-state index in [0.29, 0.717) is 5.92 Å². The number of aryl methyl sites for hydroxylation is 1. The third kappa shape index (κ3) is 2.08. The molecular weight excluding hydrogens is 208 g/mol. The summed E-state index contributed by atoms with van der Waals surface area (Å²) in [5.41, 5.74) is 3.99. The Kier molecular flexibility index (Phi) is 2.76. The molecule has 1 aromatic carbocycles. The Hall–Kier alpha value is -1.31. The molecule has 0 atom stereocenters. The fourth-order valence-corrected chi connectivity index (χ4v) is 2.37. The largest absolute Gasteiger partial charge is 0.271 e. The number of benzene rings is 1. The van der Waals surface area contributed by atoms with Crippen molar-refractivity contribution in [2.24, 2.45) is 7.05 Å². The van der Waals surface area contributed by atoms with Crippen LogP contribution in [0.15, 0.2) is 18.2 Å². The van der Waals surface area contributed by atoms with Gasteiger partial charge in [0, 0.05) is 18.1 Å². The summed E-state index contributed by atoms with van der Waals surface area (Å²) < 4.78 is 2.02. The molecule has 0 saturated heterocycles. The van der Waals surface area contributed by atoms with Crippen LogP contribution in [-0.4, -0.2) is 9.78 Å². The van der Waals surface area contributed by atoms with Gasteiger partial charge in [-0.1, -0.05) is 40.7 Å². The molecule has 2 heteroatoms. The zero-order valence-electron chi connectivity index (χ0n) is 11.7. The normalized spacial score (nSPS) is 12.6. The lowest BCUT2D eigenvalue weighted by Crippen LogP contribution is -2.10. The molecule has 0 fully saturated rings. The summed E-state index contributed by atoms with van der Waals surface area (Å²) in [6.07, 6.45) is 0. The van der Waals surface area contributed by atoms with E-state index in [-0.39, 0.29) is 5.41 Å². The molecule has 1 aromatic heterocycles. The molecule has 0 unspecified atom stereocenters. The minimum absolute atomic E-state index is 0.193. The lowest BCUT2D eigenvalue weighted by atomic mass is 9.86. The summed E-state index contributed by atoms with van der Waals surface area (Å²) in [5, 5.41) is 5.88. The highest BCUT2D eigenvalue weighted by Gasteiger charge is 2.17. The van der Waals surface area contributed by atoms with Gasteiger partial charge in [0.15, 0.2) is 0 Å². The Morgan fingerprint density at radius 3 is 2.35 bits per heavy atom. The molecular formula is C15H22N2. The quantitative estimate of drug-likeness (QED) is 0.724. The van der Waals surface area contributed by atoms with Gasteiger partial charge >= 0.3 is 0 Å². The number of rotatable bonds is 1. The van der Waals surface area contributed by atoms with E-state index >= 15 is 0 Å². The Morgan fingerprint density at radius 1 is 1.18 bits per heavy atom. The number of hydrogen-bond donors (Lipinski definition) is 0. The molecule has 0 bridgehead atoms. The summed E-state index contributed by atoms with van der Waals surface area (Å²) in [5.74, 6) is 0.500. The topological polar surface area (TPSA) is 17.8 Å². The maximum absolute atomic E-state index is 4.57. The number of hydrogen-bond acceptors (Lipinski definition) is 1. The minimum atomic E-state index is 0.193. The predicted octanol–water partition coefficient (Wildman–Crippen LogP) is 3.99. The summed E-state index contributed by atoms with van der Waals surface area (Å²) in [6.45, 7) is 11.2. The zero-order chi connectivity index (χ0) is 12.8. The van der Waals surface area contributed by atoms with Crippen molar-refractivity contribution >= 4 is 10.9 Å². The first-order chi connectivity index (χ1) is 7.80. The lowest BCUT2D eigenvalue weighted by Gasteiger charge is -2.19. The number of nitrogens with zero attached hydrogens (tertiary/aromatic N) is 2. The first-order valence-corrected chi connectivity index (χ1v) is 6.28. The minimum Gasteiger partial charge on any atom is -0.271 e. The Balaban J connectivity index is 2.71. The summed E-state index contributed by atoms with van der Waals surface area (Å²) in [4.78, 5) is 0. The Bertz CT molecular complexity index is 542. The highest BCUT2D eigenvalue weighted by atomic mass is 15.3. The number of aromatic nitrogens is 2. The third-order valence-electron chi connectivity index (χ3n) is 3.29. The van der Waals surface area contributed by atoms with Gasteiger partial charge in [-0.3, -0.25) is 4.68 Å². The standard InChI is InChI=1S/C15H22N2/c1-10(2)14-12-9-11(15(3,4)5)7-8-13(12)16-17(14)6/h7-10H,1-6H3. The second kappa shape index (κ2) is 3.86. The van der Waals surface area contributed by atoms with Crippen LogP contribution in [0, 0.1) is 0 Å². The molecule has 0 radical (unpaired) electrons. The van der Waals surface area contributed by atoms with E-state index in [9.17, 15) is 0 Å². The first kappa shape index (κ1) is 12.2. The van der Waals surface area contributed by atoms with E-state index in [1.54, 1.807) is 0 Å². The van der Waals surface area contributed by atoms with Crippen LogP contribution >= 0.6 is 0 Å². The van der Waals surface area contributed by atoms with Crippen molar-refractivity contribution in [3.63, 3.8) is 0 Å². The molecule has 1 heterocycles. The van der Waals surface area contributed by atoms with Gasteiger partial charge in [0.05, 0.1) is 5.52 Å². The van der Waals surface area contributed by atoms with E-state index < -0.39 is 0 Å². The summed E-state index contributed by atoms with van der Waals surface area (Å²) >= 11 is 0. The van der Waals surface area contributed by atoms with Crippen molar-refractivity contribution in [2.45, 2.75) is 46.0 Å². The van der Waals surface area contributed by atoms with Crippen LogP contribution in [-0.2, 0) is 12.5 Å². The van der Waals surface area contributed by atoms with Crippen LogP contribution < -0.4 is 0 Å². The molecule has 2 nitrogen and oxygen atoms in total. The molecule has 0 aliphatic rings.